The summed E-state index contributed by atoms with van der Waals surface area (Å²) in [5.74, 6) is 1.73. The van der Waals surface area contributed by atoms with Crippen molar-refractivity contribution >= 4 is 5.78 Å². The Morgan fingerprint density at radius 1 is 1.25 bits per heavy atom. The van der Waals surface area contributed by atoms with Crippen LogP contribution in [0.2, 0.25) is 0 Å². The fourth-order valence-electron chi connectivity index (χ4n) is 5.65. The second kappa shape index (κ2) is 4.33. The van der Waals surface area contributed by atoms with Crippen LogP contribution >= 0.6 is 0 Å². The number of fused-ring (bicyclic) bond motifs is 5. The highest BCUT2D eigenvalue weighted by Crippen LogP contribution is 2.58. The van der Waals surface area contributed by atoms with Gasteiger partial charge in [0.05, 0.1) is 6.10 Å². The number of aliphatic hydroxyl groups excluding tert-OH is 1. The highest BCUT2D eigenvalue weighted by atomic mass is 16.3. The normalized spacial score (nSPS) is 47.4. The molecule has 0 aromatic carbocycles. The third-order valence-corrected chi connectivity index (χ3v) is 6.78. The summed E-state index contributed by atoms with van der Waals surface area (Å²) in [5.41, 5.74) is 1.46. The molecule has 110 valence electrons. The molecule has 0 spiro atoms. The Balaban J connectivity index is 1.63. The van der Waals surface area contributed by atoms with Gasteiger partial charge in [-0.1, -0.05) is 6.92 Å². The molecule has 0 aromatic rings. The summed E-state index contributed by atoms with van der Waals surface area (Å²) < 4.78 is 0. The minimum absolute atomic E-state index is 0.0895. The van der Waals surface area contributed by atoms with E-state index in [-0.39, 0.29) is 11.5 Å². The van der Waals surface area contributed by atoms with E-state index in [0.29, 0.717) is 24.2 Å². The molecule has 3 nitrogen and oxygen atoms in total. The predicted octanol–water partition coefficient (Wildman–Crippen LogP) is 2.49. The Hall–Kier alpha value is -0.830. The molecule has 2 aliphatic carbocycles. The van der Waals surface area contributed by atoms with Crippen LogP contribution in [0, 0.1) is 17.3 Å². The molecule has 1 saturated heterocycles. The van der Waals surface area contributed by atoms with Crippen LogP contribution in [0.5, 0.6) is 0 Å². The molecule has 0 unspecified atom stereocenters. The van der Waals surface area contributed by atoms with Gasteiger partial charge < -0.3 is 10.0 Å². The number of aliphatic hydroxyl groups is 1. The van der Waals surface area contributed by atoms with Gasteiger partial charge in [0.2, 0.25) is 0 Å². The van der Waals surface area contributed by atoms with Gasteiger partial charge in [-0.3, -0.25) is 4.79 Å². The van der Waals surface area contributed by atoms with Gasteiger partial charge >= 0.3 is 0 Å². The van der Waals surface area contributed by atoms with E-state index in [2.05, 4.69) is 11.8 Å². The third kappa shape index (κ3) is 1.65. The predicted molar refractivity (Wildman–Crippen MR) is 77.0 cm³/mol. The van der Waals surface area contributed by atoms with E-state index in [1.165, 1.54) is 25.0 Å². The average Bonchev–Trinajstić information content (AvgIpc) is 2.74. The van der Waals surface area contributed by atoms with E-state index in [4.69, 9.17) is 0 Å². The van der Waals surface area contributed by atoms with Crippen molar-refractivity contribution in [1.82, 2.24) is 4.90 Å². The minimum atomic E-state index is -0.0895. The van der Waals surface area contributed by atoms with Gasteiger partial charge in [-0.15, -0.1) is 0 Å². The number of piperidine rings is 1. The van der Waals surface area contributed by atoms with Crippen molar-refractivity contribution in [3.63, 3.8) is 0 Å². The van der Waals surface area contributed by atoms with Gasteiger partial charge in [-0.05, 0) is 55.8 Å². The first-order valence-electron chi connectivity index (χ1n) is 8.28. The first-order valence-corrected chi connectivity index (χ1v) is 8.28. The summed E-state index contributed by atoms with van der Waals surface area (Å²) in [6.45, 7) is 3.24. The SMILES string of the molecule is C[C@]12CC[C@H]3[C@@H](CCC4=CC(=O)CCN43)[C@@H]1CC[C@@H]2O. The van der Waals surface area contributed by atoms with E-state index in [1.807, 2.05) is 6.08 Å². The van der Waals surface area contributed by atoms with Gasteiger partial charge in [0.1, 0.15) is 0 Å². The van der Waals surface area contributed by atoms with Crippen molar-refractivity contribution in [2.75, 3.05) is 6.54 Å². The number of rotatable bonds is 0. The Labute approximate surface area is 121 Å². The topological polar surface area (TPSA) is 40.5 Å². The van der Waals surface area contributed by atoms with Crippen LogP contribution < -0.4 is 0 Å². The van der Waals surface area contributed by atoms with Crippen LogP contribution in [-0.4, -0.2) is 34.5 Å². The van der Waals surface area contributed by atoms with Crippen molar-refractivity contribution in [3.8, 4) is 0 Å². The number of carbonyl (C=O) groups is 1. The van der Waals surface area contributed by atoms with E-state index in [1.54, 1.807) is 0 Å². The van der Waals surface area contributed by atoms with E-state index in [9.17, 15) is 9.90 Å². The van der Waals surface area contributed by atoms with E-state index < -0.39 is 0 Å². The minimum Gasteiger partial charge on any atom is -0.393 e. The first kappa shape index (κ1) is 12.9. The van der Waals surface area contributed by atoms with Crippen LogP contribution in [0.4, 0.5) is 0 Å². The summed E-state index contributed by atoms with van der Waals surface area (Å²) in [6, 6.07) is 0.631. The zero-order valence-electron chi connectivity index (χ0n) is 12.3. The Morgan fingerprint density at radius 2 is 2.10 bits per heavy atom. The van der Waals surface area contributed by atoms with Gasteiger partial charge in [-0.25, -0.2) is 0 Å². The molecular weight excluding hydrogens is 250 g/mol. The molecular formula is C17H25NO2. The number of ketones is 1. The van der Waals surface area contributed by atoms with Gasteiger partial charge in [0.15, 0.2) is 5.78 Å². The zero-order chi connectivity index (χ0) is 13.9. The van der Waals surface area contributed by atoms with Gasteiger partial charge in [-0.2, -0.15) is 0 Å². The van der Waals surface area contributed by atoms with E-state index in [0.717, 1.165) is 31.7 Å². The van der Waals surface area contributed by atoms with Crippen LogP contribution in [0.1, 0.15) is 51.9 Å². The standard InChI is InChI=1S/C17H25NO2/c1-17-8-6-15-13(14(17)4-5-16(17)20)3-2-11-10-12(19)7-9-18(11)15/h10,13-16,20H,2-9H2,1H3/t13-,14-,15-,16-,17-/m0/s1. The lowest BCUT2D eigenvalue weighted by Crippen LogP contribution is -2.54. The lowest BCUT2D eigenvalue weighted by Gasteiger charge is -2.55. The molecule has 0 aromatic heterocycles. The number of nitrogens with zero attached hydrogens (tertiary/aromatic N) is 1. The largest absolute Gasteiger partial charge is 0.393 e. The van der Waals surface area contributed by atoms with Gasteiger partial charge in [0.25, 0.3) is 0 Å². The van der Waals surface area contributed by atoms with Gasteiger partial charge in [0, 0.05) is 30.8 Å². The summed E-state index contributed by atoms with van der Waals surface area (Å²) in [6.07, 6.45) is 9.32. The lowest BCUT2D eigenvalue weighted by molar-refractivity contribution is -0.116. The summed E-state index contributed by atoms with van der Waals surface area (Å²) in [5, 5.41) is 10.4. The second-order valence-corrected chi connectivity index (χ2v) is 7.56. The average molecular weight is 275 g/mol. The maximum absolute atomic E-state index is 11.6. The smallest absolute Gasteiger partial charge is 0.159 e. The van der Waals surface area contributed by atoms with Crippen molar-refractivity contribution in [2.24, 2.45) is 17.3 Å². The maximum atomic E-state index is 11.6. The molecule has 0 amide bonds. The highest BCUT2D eigenvalue weighted by molar-refractivity contribution is 5.91. The molecule has 2 heterocycles. The lowest BCUT2D eigenvalue weighted by atomic mass is 9.59. The fraction of sp³-hybridized carbons (Fsp3) is 0.824. The molecule has 5 atom stereocenters. The number of hydrogen-bond donors (Lipinski definition) is 1. The number of carbonyl (C=O) groups excluding carboxylic acids is 1. The molecule has 0 radical (unpaired) electrons. The molecule has 1 N–H and O–H groups in total. The third-order valence-electron chi connectivity index (χ3n) is 6.78. The second-order valence-electron chi connectivity index (χ2n) is 7.56. The molecule has 3 fully saturated rings. The van der Waals surface area contributed by atoms with Crippen molar-refractivity contribution < 1.29 is 9.90 Å². The molecule has 20 heavy (non-hydrogen) atoms. The quantitative estimate of drug-likeness (QED) is 0.738. The van der Waals surface area contributed by atoms with Crippen LogP contribution in [0.3, 0.4) is 0 Å². The van der Waals surface area contributed by atoms with Crippen LogP contribution in [0.15, 0.2) is 11.8 Å². The molecule has 2 aliphatic heterocycles. The fourth-order valence-corrected chi connectivity index (χ4v) is 5.65. The maximum Gasteiger partial charge on any atom is 0.159 e. The summed E-state index contributed by atoms with van der Waals surface area (Å²) in [7, 11) is 0. The molecule has 0 bridgehead atoms. The Morgan fingerprint density at radius 3 is 2.95 bits per heavy atom. The van der Waals surface area contributed by atoms with Crippen molar-refractivity contribution in [3.05, 3.63) is 11.8 Å². The zero-order valence-corrected chi connectivity index (χ0v) is 12.3. The molecule has 3 heteroatoms. The van der Waals surface area contributed by atoms with Crippen LogP contribution in [0.25, 0.3) is 0 Å². The Kier molecular flexibility index (Phi) is 2.79. The van der Waals surface area contributed by atoms with Crippen molar-refractivity contribution in [2.45, 2.75) is 64.0 Å². The molecule has 4 rings (SSSR count). The monoisotopic (exact) mass is 275 g/mol. The highest BCUT2D eigenvalue weighted by Gasteiger charge is 2.55. The number of allylic oxidation sites excluding steroid dienone is 2. The van der Waals surface area contributed by atoms with Crippen LogP contribution in [-0.2, 0) is 4.79 Å². The number of hydrogen-bond acceptors (Lipinski definition) is 3. The Bertz CT molecular complexity index is 472. The summed E-state index contributed by atoms with van der Waals surface area (Å²) in [4.78, 5) is 14.2. The van der Waals surface area contributed by atoms with E-state index >= 15 is 0 Å². The first-order chi connectivity index (χ1) is 9.59. The molecule has 4 aliphatic rings. The summed E-state index contributed by atoms with van der Waals surface area (Å²) >= 11 is 0. The molecule has 2 saturated carbocycles. The van der Waals surface area contributed by atoms with Crippen molar-refractivity contribution in [1.29, 1.82) is 0 Å².